The van der Waals surface area contributed by atoms with Gasteiger partial charge >= 0.3 is 12.0 Å². The molecule has 5 nitrogen and oxygen atoms in total. The van der Waals surface area contributed by atoms with Gasteiger partial charge in [0.15, 0.2) is 0 Å². The zero-order valence-electron chi connectivity index (χ0n) is 11.0. The number of piperidine rings is 1. The average molecular weight is 274 g/mol. The molecule has 0 aromatic rings. The zero-order chi connectivity index (χ0) is 13.5. The molecule has 0 saturated carbocycles. The molecule has 1 fully saturated rings. The second kappa shape index (κ2) is 7.51. The van der Waals surface area contributed by atoms with Crippen LogP contribution in [0.3, 0.4) is 0 Å². The van der Waals surface area contributed by atoms with Crippen molar-refractivity contribution in [3.8, 4) is 0 Å². The van der Waals surface area contributed by atoms with Gasteiger partial charge in [0, 0.05) is 24.9 Å². The Morgan fingerprint density at radius 3 is 2.56 bits per heavy atom. The molecule has 1 aliphatic heterocycles. The summed E-state index contributed by atoms with van der Waals surface area (Å²) in [6.07, 6.45) is 1.11. The summed E-state index contributed by atoms with van der Waals surface area (Å²) in [5, 5.41) is 11.8. The number of nitrogens with one attached hydrogen (secondary N) is 1. The molecule has 1 unspecified atom stereocenters. The third-order valence-electron chi connectivity index (χ3n) is 3.07. The Morgan fingerprint density at radius 1 is 1.44 bits per heavy atom. The molecular weight excluding hydrogens is 252 g/mol. The van der Waals surface area contributed by atoms with E-state index in [1.54, 1.807) is 16.7 Å². The van der Waals surface area contributed by atoms with Gasteiger partial charge in [0.05, 0.1) is 5.92 Å². The van der Waals surface area contributed by atoms with E-state index in [-0.39, 0.29) is 18.0 Å². The number of rotatable bonds is 5. The molecule has 18 heavy (non-hydrogen) atoms. The van der Waals surface area contributed by atoms with E-state index in [0.29, 0.717) is 25.9 Å². The summed E-state index contributed by atoms with van der Waals surface area (Å²) in [7, 11) is 0. The SMILES string of the molecule is CCSCC(C)NC(=O)N1CCC(C(=O)O)CC1. The van der Waals surface area contributed by atoms with Crippen LogP contribution in [0.1, 0.15) is 26.7 Å². The maximum atomic E-state index is 11.9. The third-order valence-corrected chi connectivity index (χ3v) is 4.22. The highest BCUT2D eigenvalue weighted by atomic mass is 32.2. The molecule has 1 atom stereocenters. The molecule has 104 valence electrons. The van der Waals surface area contributed by atoms with Crippen molar-refractivity contribution in [3.63, 3.8) is 0 Å². The van der Waals surface area contributed by atoms with Gasteiger partial charge in [-0.05, 0) is 25.5 Å². The lowest BCUT2D eigenvalue weighted by atomic mass is 9.97. The molecule has 1 aliphatic rings. The zero-order valence-corrected chi connectivity index (χ0v) is 11.8. The second-order valence-electron chi connectivity index (χ2n) is 4.61. The van der Waals surface area contributed by atoms with Crippen molar-refractivity contribution in [1.82, 2.24) is 10.2 Å². The Morgan fingerprint density at radius 2 is 2.06 bits per heavy atom. The molecule has 0 aromatic heterocycles. The predicted octanol–water partition coefficient (Wildman–Crippen LogP) is 1.63. The number of likely N-dealkylation sites (tertiary alicyclic amines) is 1. The van der Waals surface area contributed by atoms with E-state index in [0.717, 1.165) is 11.5 Å². The van der Waals surface area contributed by atoms with Crippen LogP contribution in [0.4, 0.5) is 4.79 Å². The summed E-state index contributed by atoms with van der Waals surface area (Å²) in [4.78, 5) is 24.4. The van der Waals surface area contributed by atoms with Crippen molar-refractivity contribution in [3.05, 3.63) is 0 Å². The van der Waals surface area contributed by atoms with Gasteiger partial charge in [-0.15, -0.1) is 0 Å². The van der Waals surface area contributed by atoms with E-state index >= 15 is 0 Å². The first-order chi connectivity index (χ1) is 8.54. The van der Waals surface area contributed by atoms with Gasteiger partial charge in [-0.1, -0.05) is 6.92 Å². The molecule has 2 N–H and O–H groups in total. The number of aliphatic carboxylic acids is 1. The second-order valence-corrected chi connectivity index (χ2v) is 5.93. The molecule has 0 aromatic carbocycles. The first-order valence-electron chi connectivity index (χ1n) is 6.40. The molecule has 0 aliphatic carbocycles. The number of hydrogen-bond donors (Lipinski definition) is 2. The minimum absolute atomic E-state index is 0.0666. The number of carbonyl (C=O) groups excluding carboxylic acids is 1. The van der Waals surface area contributed by atoms with Crippen molar-refractivity contribution in [2.75, 3.05) is 24.6 Å². The van der Waals surface area contributed by atoms with Crippen molar-refractivity contribution < 1.29 is 14.7 Å². The minimum atomic E-state index is -0.747. The summed E-state index contributed by atoms with van der Waals surface area (Å²) in [5.74, 6) is 0.919. The molecule has 0 radical (unpaired) electrons. The van der Waals surface area contributed by atoms with E-state index < -0.39 is 5.97 Å². The van der Waals surface area contributed by atoms with Crippen LogP contribution in [0.25, 0.3) is 0 Å². The van der Waals surface area contributed by atoms with Gasteiger partial charge < -0.3 is 15.3 Å². The lowest BCUT2D eigenvalue weighted by molar-refractivity contribution is -0.143. The number of carboxylic acids is 1. The van der Waals surface area contributed by atoms with Crippen LogP contribution >= 0.6 is 11.8 Å². The normalized spacial score (nSPS) is 18.4. The summed E-state index contributed by atoms with van der Waals surface area (Å²) in [6.45, 7) is 5.16. The molecule has 2 amide bonds. The third kappa shape index (κ3) is 4.76. The quantitative estimate of drug-likeness (QED) is 0.799. The van der Waals surface area contributed by atoms with Crippen LogP contribution < -0.4 is 5.32 Å². The van der Waals surface area contributed by atoms with Crippen LogP contribution in [0.5, 0.6) is 0 Å². The van der Waals surface area contributed by atoms with Crippen LogP contribution in [0, 0.1) is 5.92 Å². The van der Waals surface area contributed by atoms with Gasteiger partial charge in [-0.2, -0.15) is 11.8 Å². The van der Waals surface area contributed by atoms with Gasteiger partial charge in [0.25, 0.3) is 0 Å². The van der Waals surface area contributed by atoms with Crippen LogP contribution in [-0.4, -0.2) is 52.6 Å². The lowest BCUT2D eigenvalue weighted by Gasteiger charge is -2.31. The maximum absolute atomic E-state index is 11.9. The lowest BCUT2D eigenvalue weighted by Crippen LogP contribution is -2.48. The summed E-state index contributed by atoms with van der Waals surface area (Å²) in [6, 6.07) is 0.0858. The maximum Gasteiger partial charge on any atom is 0.317 e. The molecular formula is C12H22N2O3S. The Bertz CT molecular complexity index is 291. The fraction of sp³-hybridized carbons (Fsp3) is 0.833. The van der Waals surface area contributed by atoms with Gasteiger partial charge in [-0.3, -0.25) is 4.79 Å². The number of hydrogen-bond acceptors (Lipinski definition) is 3. The highest BCUT2D eigenvalue weighted by molar-refractivity contribution is 7.99. The molecule has 1 saturated heterocycles. The van der Waals surface area contributed by atoms with E-state index in [1.165, 1.54) is 0 Å². The number of thioether (sulfide) groups is 1. The number of nitrogens with zero attached hydrogens (tertiary/aromatic N) is 1. The van der Waals surface area contributed by atoms with E-state index in [4.69, 9.17) is 5.11 Å². The average Bonchev–Trinajstić information content (AvgIpc) is 2.36. The fourth-order valence-electron chi connectivity index (χ4n) is 1.97. The van der Waals surface area contributed by atoms with Crippen LogP contribution in [0.2, 0.25) is 0 Å². The van der Waals surface area contributed by atoms with Gasteiger partial charge in [-0.25, -0.2) is 4.79 Å². The summed E-state index contributed by atoms with van der Waals surface area (Å²) < 4.78 is 0. The fourth-order valence-corrected chi connectivity index (χ4v) is 2.64. The van der Waals surface area contributed by atoms with Crippen molar-refractivity contribution >= 4 is 23.8 Å². The first kappa shape index (κ1) is 15.1. The number of urea groups is 1. The molecule has 1 rings (SSSR count). The molecule has 6 heteroatoms. The molecule has 1 heterocycles. The number of carbonyl (C=O) groups is 2. The van der Waals surface area contributed by atoms with E-state index in [9.17, 15) is 9.59 Å². The van der Waals surface area contributed by atoms with Gasteiger partial charge in [0.1, 0.15) is 0 Å². The van der Waals surface area contributed by atoms with Crippen molar-refractivity contribution in [2.24, 2.45) is 5.92 Å². The van der Waals surface area contributed by atoms with Crippen LogP contribution in [-0.2, 0) is 4.79 Å². The predicted molar refractivity (Wildman–Crippen MR) is 72.9 cm³/mol. The molecule has 0 spiro atoms. The number of carboxylic acid groups (broad SMARTS) is 1. The van der Waals surface area contributed by atoms with Crippen molar-refractivity contribution in [1.29, 1.82) is 0 Å². The highest BCUT2D eigenvalue weighted by Gasteiger charge is 2.27. The Balaban J connectivity index is 2.29. The Labute approximate surface area is 112 Å². The Hall–Kier alpha value is -0.910. The standard InChI is InChI=1S/C12H22N2O3S/c1-3-18-8-9(2)13-12(17)14-6-4-10(5-7-14)11(15)16/h9-10H,3-8H2,1-2H3,(H,13,17)(H,15,16). The monoisotopic (exact) mass is 274 g/mol. The van der Waals surface area contributed by atoms with E-state index in [1.807, 2.05) is 6.92 Å². The summed E-state index contributed by atoms with van der Waals surface area (Å²) >= 11 is 1.80. The largest absolute Gasteiger partial charge is 0.481 e. The number of amides is 2. The highest BCUT2D eigenvalue weighted by Crippen LogP contribution is 2.17. The van der Waals surface area contributed by atoms with Gasteiger partial charge in [0.2, 0.25) is 0 Å². The summed E-state index contributed by atoms with van der Waals surface area (Å²) in [5.41, 5.74) is 0. The first-order valence-corrected chi connectivity index (χ1v) is 7.56. The smallest absolute Gasteiger partial charge is 0.317 e. The van der Waals surface area contributed by atoms with Crippen LogP contribution in [0.15, 0.2) is 0 Å². The minimum Gasteiger partial charge on any atom is -0.481 e. The van der Waals surface area contributed by atoms with Crippen molar-refractivity contribution in [2.45, 2.75) is 32.7 Å². The topological polar surface area (TPSA) is 69.6 Å². The molecule has 0 bridgehead atoms. The Kier molecular flexibility index (Phi) is 6.32. The van der Waals surface area contributed by atoms with E-state index in [2.05, 4.69) is 12.2 Å².